The first-order chi connectivity index (χ1) is 10.2. The Morgan fingerprint density at radius 3 is 2.33 bits per heavy atom. The van der Waals surface area contributed by atoms with Gasteiger partial charge in [0.05, 0.1) is 0 Å². The Morgan fingerprint density at radius 1 is 0.952 bits per heavy atom. The Kier molecular flexibility index (Phi) is 4.20. The summed E-state index contributed by atoms with van der Waals surface area (Å²) < 4.78 is 12.9. The fourth-order valence-electron chi connectivity index (χ4n) is 2.84. The van der Waals surface area contributed by atoms with Crippen LogP contribution in [0.3, 0.4) is 0 Å². The molecule has 0 radical (unpaired) electrons. The lowest BCUT2D eigenvalue weighted by molar-refractivity contribution is 0.250. The largest absolute Gasteiger partial charge is 0.369 e. The van der Waals surface area contributed by atoms with E-state index in [0.29, 0.717) is 0 Å². The smallest absolute Gasteiger partial charge is 0.123 e. The Hall–Kier alpha value is -1.87. The zero-order valence-electron chi connectivity index (χ0n) is 12.4. The van der Waals surface area contributed by atoms with Crippen molar-refractivity contribution in [3.05, 3.63) is 65.5 Å². The van der Waals surface area contributed by atoms with Gasteiger partial charge in [0.2, 0.25) is 0 Å². The van der Waals surface area contributed by atoms with Crippen molar-refractivity contribution in [1.29, 1.82) is 0 Å². The van der Waals surface area contributed by atoms with Crippen molar-refractivity contribution >= 4 is 5.69 Å². The fourth-order valence-corrected chi connectivity index (χ4v) is 2.84. The van der Waals surface area contributed by atoms with E-state index in [1.54, 1.807) is 12.1 Å². The number of anilines is 1. The van der Waals surface area contributed by atoms with Crippen molar-refractivity contribution in [3.8, 4) is 0 Å². The van der Waals surface area contributed by atoms with Gasteiger partial charge in [-0.1, -0.05) is 24.3 Å². The molecule has 2 aromatic rings. The number of nitrogens with zero attached hydrogens (tertiary/aromatic N) is 2. The molecule has 1 aliphatic rings. The van der Waals surface area contributed by atoms with E-state index in [1.807, 2.05) is 12.1 Å². The Bertz CT molecular complexity index is 586. The van der Waals surface area contributed by atoms with E-state index in [4.69, 9.17) is 0 Å². The minimum absolute atomic E-state index is 0.164. The fraction of sp³-hybridized carbons (Fsp3) is 0.333. The van der Waals surface area contributed by atoms with Gasteiger partial charge < -0.3 is 4.90 Å². The molecule has 0 N–H and O–H groups in total. The average molecular weight is 284 g/mol. The maximum absolute atomic E-state index is 12.9. The van der Waals surface area contributed by atoms with Gasteiger partial charge in [0.15, 0.2) is 0 Å². The molecule has 0 bridgehead atoms. The molecule has 1 heterocycles. The molecule has 1 fully saturated rings. The van der Waals surface area contributed by atoms with E-state index in [0.717, 1.165) is 32.7 Å². The maximum atomic E-state index is 12.9. The minimum Gasteiger partial charge on any atom is -0.369 e. The van der Waals surface area contributed by atoms with Gasteiger partial charge in [-0.15, -0.1) is 0 Å². The molecule has 0 aromatic heterocycles. The summed E-state index contributed by atoms with van der Waals surface area (Å²) >= 11 is 0. The lowest BCUT2D eigenvalue weighted by Gasteiger charge is -2.36. The normalized spacial score (nSPS) is 16.2. The summed E-state index contributed by atoms with van der Waals surface area (Å²) in [6.45, 7) is 7.22. The van der Waals surface area contributed by atoms with Crippen molar-refractivity contribution in [1.82, 2.24) is 4.90 Å². The van der Waals surface area contributed by atoms with Gasteiger partial charge in [0.25, 0.3) is 0 Å². The second-order valence-electron chi connectivity index (χ2n) is 5.73. The average Bonchev–Trinajstić information content (AvgIpc) is 2.50. The lowest BCUT2D eigenvalue weighted by Crippen LogP contribution is -2.45. The second-order valence-corrected chi connectivity index (χ2v) is 5.73. The maximum Gasteiger partial charge on any atom is 0.123 e. The van der Waals surface area contributed by atoms with E-state index in [-0.39, 0.29) is 5.82 Å². The monoisotopic (exact) mass is 284 g/mol. The molecule has 0 spiro atoms. The van der Waals surface area contributed by atoms with Crippen LogP contribution < -0.4 is 4.90 Å². The zero-order valence-corrected chi connectivity index (χ0v) is 12.4. The van der Waals surface area contributed by atoms with Crippen molar-refractivity contribution in [3.63, 3.8) is 0 Å². The van der Waals surface area contributed by atoms with Crippen LogP contribution in [0.5, 0.6) is 0 Å². The van der Waals surface area contributed by atoms with Crippen LogP contribution in [0, 0.1) is 12.7 Å². The first-order valence-corrected chi connectivity index (χ1v) is 7.49. The molecule has 21 heavy (non-hydrogen) atoms. The summed E-state index contributed by atoms with van der Waals surface area (Å²) in [5.74, 6) is -0.164. The Labute approximate surface area is 125 Å². The van der Waals surface area contributed by atoms with Crippen LogP contribution in [-0.2, 0) is 6.54 Å². The third-order valence-corrected chi connectivity index (χ3v) is 4.06. The second kappa shape index (κ2) is 6.27. The molecular formula is C18H21FN2. The number of piperazine rings is 1. The predicted octanol–water partition coefficient (Wildman–Crippen LogP) is 3.46. The molecule has 0 atom stereocenters. The predicted molar refractivity (Wildman–Crippen MR) is 85.1 cm³/mol. The molecule has 0 unspecified atom stereocenters. The quantitative estimate of drug-likeness (QED) is 0.851. The van der Waals surface area contributed by atoms with Gasteiger partial charge in [0.1, 0.15) is 5.82 Å². The van der Waals surface area contributed by atoms with Crippen molar-refractivity contribution in [2.75, 3.05) is 31.1 Å². The van der Waals surface area contributed by atoms with Gasteiger partial charge >= 0.3 is 0 Å². The molecule has 1 aliphatic heterocycles. The number of hydrogen-bond acceptors (Lipinski definition) is 2. The molecular weight excluding hydrogens is 263 g/mol. The summed E-state index contributed by atoms with van der Waals surface area (Å²) in [7, 11) is 0. The third kappa shape index (κ3) is 3.61. The van der Waals surface area contributed by atoms with Gasteiger partial charge in [-0.2, -0.15) is 0 Å². The summed E-state index contributed by atoms with van der Waals surface area (Å²) in [6, 6.07) is 15.5. The minimum atomic E-state index is -0.164. The standard InChI is InChI=1S/C18H21FN2/c1-15-3-2-4-18(13-15)21-11-9-20(10-12-21)14-16-5-7-17(19)8-6-16/h2-8,13H,9-12,14H2,1H3. The highest BCUT2D eigenvalue weighted by molar-refractivity contribution is 5.48. The summed E-state index contributed by atoms with van der Waals surface area (Å²) in [4.78, 5) is 4.87. The summed E-state index contributed by atoms with van der Waals surface area (Å²) in [5, 5.41) is 0. The van der Waals surface area contributed by atoms with Crippen LogP contribution in [-0.4, -0.2) is 31.1 Å². The number of benzene rings is 2. The van der Waals surface area contributed by atoms with E-state index in [2.05, 4.69) is 41.0 Å². The molecule has 0 saturated carbocycles. The highest BCUT2D eigenvalue weighted by Gasteiger charge is 2.17. The highest BCUT2D eigenvalue weighted by Crippen LogP contribution is 2.18. The Balaban J connectivity index is 1.56. The topological polar surface area (TPSA) is 6.48 Å². The molecule has 1 saturated heterocycles. The molecule has 3 heteroatoms. The highest BCUT2D eigenvalue weighted by atomic mass is 19.1. The molecule has 2 aromatic carbocycles. The zero-order chi connectivity index (χ0) is 14.7. The number of halogens is 1. The molecule has 2 nitrogen and oxygen atoms in total. The van der Waals surface area contributed by atoms with Gasteiger partial charge in [-0.05, 0) is 42.3 Å². The third-order valence-electron chi connectivity index (χ3n) is 4.06. The van der Waals surface area contributed by atoms with E-state index in [9.17, 15) is 4.39 Å². The molecule has 0 aliphatic carbocycles. The van der Waals surface area contributed by atoms with E-state index in [1.165, 1.54) is 16.8 Å². The van der Waals surface area contributed by atoms with Crippen LogP contribution in [0.2, 0.25) is 0 Å². The number of aryl methyl sites for hydroxylation is 1. The van der Waals surface area contributed by atoms with Crippen LogP contribution in [0.4, 0.5) is 10.1 Å². The van der Waals surface area contributed by atoms with Crippen molar-refractivity contribution in [2.24, 2.45) is 0 Å². The van der Waals surface area contributed by atoms with Gasteiger partial charge in [-0.25, -0.2) is 4.39 Å². The van der Waals surface area contributed by atoms with Crippen LogP contribution in [0.15, 0.2) is 48.5 Å². The lowest BCUT2D eigenvalue weighted by atomic mass is 10.1. The van der Waals surface area contributed by atoms with Crippen LogP contribution in [0.25, 0.3) is 0 Å². The van der Waals surface area contributed by atoms with Crippen molar-refractivity contribution in [2.45, 2.75) is 13.5 Å². The number of rotatable bonds is 3. The van der Waals surface area contributed by atoms with E-state index >= 15 is 0 Å². The van der Waals surface area contributed by atoms with E-state index < -0.39 is 0 Å². The Morgan fingerprint density at radius 2 is 1.67 bits per heavy atom. The van der Waals surface area contributed by atoms with Crippen molar-refractivity contribution < 1.29 is 4.39 Å². The SMILES string of the molecule is Cc1cccc(N2CCN(Cc3ccc(F)cc3)CC2)c1. The first kappa shape index (κ1) is 14.1. The van der Waals surface area contributed by atoms with Gasteiger partial charge in [-0.3, -0.25) is 4.90 Å². The van der Waals surface area contributed by atoms with Crippen LogP contribution >= 0.6 is 0 Å². The summed E-state index contributed by atoms with van der Waals surface area (Å²) in [5.41, 5.74) is 3.80. The van der Waals surface area contributed by atoms with Gasteiger partial charge in [0, 0.05) is 38.4 Å². The molecule has 110 valence electrons. The van der Waals surface area contributed by atoms with Crippen LogP contribution in [0.1, 0.15) is 11.1 Å². The first-order valence-electron chi connectivity index (χ1n) is 7.49. The molecule has 3 rings (SSSR count). The molecule has 0 amide bonds. The summed E-state index contributed by atoms with van der Waals surface area (Å²) in [6.07, 6.45) is 0. The number of hydrogen-bond donors (Lipinski definition) is 0.